The first-order chi connectivity index (χ1) is 12.0. The SMILES string of the molecule is CC(NC(=O)N1CCC(C(=O)O)CC1)C1(c2ccccc2)CCCC1. The summed E-state index contributed by atoms with van der Waals surface area (Å²) in [4.78, 5) is 25.5. The van der Waals surface area contributed by atoms with Crippen molar-refractivity contribution in [2.24, 2.45) is 5.92 Å². The highest BCUT2D eigenvalue weighted by Gasteiger charge is 2.41. The van der Waals surface area contributed by atoms with Crippen LogP contribution in [-0.2, 0) is 10.2 Å². The zero-order chi connectivity index (χ0) is 17.9. The number of likely N-dealkylation sites (tertiary alicyclic amines) is 1. The van der Waals surface area contributed by atoms with E-state index in [2.05, 4.69) is 36.5 Å². The van der Waals surface area contributed by atoms with Gasteiger partial charge < -0.3 is 15.3 Å². The van der Waals surface area contributed by atoms with Gasteiger partial charge in [-0.25, -0.2) is 4.79 Å². The molecule has 2 aliphatic rings. The van der Waals surface area contributed by atoms with E-state index in [-0.39, 0.29) is 23.4 Å². The summed E-state index contributed by atoms with van der Waals surface area (Å²) >= 11 is 0. The van der Waals surface area contributed by atoms with Gasteiger partial charge in [-0.1, -0.05) is 43.2 Å². The Kier molecular flexibility index (Phi) is 5.30. The molecular weight excluding hydrogens is 316 g/mol. The quantitative estimate of drug-likeness (QED) is 0.879. The van der Waals surface area contributed by atoms with Crippen LogP contribution < -0.4 is 5.32 Å². The molecule has 5 heteroatoms. The smallest absolute Gasteiger partial charge is 0.317 e. The van der Waals surface area contributed by atoms with Crippen molar-refractivity contribution in [2.75, 3.05) is 13.1 Å². The Morgan fingerprint density at radius 3 is 2.32 bits per heavy atom. The second-order valence-electron chi connectivity index (χ2n) is 7.50. The molecule has 0 aromatic heterocycles. The van der Waals surface area contributed by atoms with Crippen molar-refractivity contribution >= 4 is 12.0 Å². The third-order valence-corrected chi connectivity index (χ3v) is 6.14. The fourth-order valence-electron chi connectivity index (χ4n) is 4.49. The van der Waals surface area contributed by atoms with Gasteiger partial charge in [-0.15, -0.1) is 0 Å². The van der Waals surface area contributed by atoms with Crippen LogP contribution in [0.2, 0.25) is 0 Å². The topological polar surface area (TPSA) is 69.6 Å². The van der Waals surface area contributed by atoms with Crippen molar-refractivity contribution in [3.8, 4) is 0 Å². The van der Waals surface area contributed by atoms with E-state index in [0.29, 0.717) is 25.9 Å². The van der Waals surface area contributed by atoms with E-state index in [9.17, 15) is 9.59 Å². The molecule has 1 saturated heterocycles. The number of aliphatic carboxylic acids is 1. The van der Waals surface area contributed by atoms with E-state index in [1.807, 2.05) is 6.07 Å². The number of benzene rings is 1. The van der Waals surface area contributed by atoms with Gasteiger partial charge in [0.25, 0.3) is 0 Å². The van der Waals surface area contributed by atoms with E-state index >= 15 is 0 Å². The van der Waals surface area contributed by atoms with E-state index in [0.717, 1.165) is 12.8 Å². The minimum absolute atomic E-state index is 0.0102. The van der Waals surface area contributed by atoms with E-state index in [1.54, 1.807) is 4.90 Å². The normalized spacial score (nSPS) is 21.7. The fraction of sp³-hybridized carbons (Fsp3) is 0.600. The molecule has 2 fully saturated rings. The molecule has 2 amide bonds. The lowest BCUT2D eigenvalue weighted by Crippen LogP contribution is -2.53. The molecule has 1 heterocycles. The highest BCUT2D eigenvalue weighted by Crippen LogP contribution is 2.43. The number of carbonyl (C=O) groups is 2. The standard InChI is InChI=1S/C20H28N2O3/c1-15(20(11-5-6-12-20)17-7-3-2-4-8-17)21-19(25)22-13-9-16(10-14-22)18(23)24/h2-4,7-8,15-16H,5-6,9-14H2,1H3,(H,21,25)(H,23,24). The van der Waals surface area contributed by atoms with Crippen LogP contribution in [0, 0.1) is 5.92 Å². The summed E-state index contributed by atoms with van der Waals surface area (Å²) in [6.45, 7) is 3.15. The van der Waals surface area contributed by atoms with Gasteiger partial charge >= 0.3 is 12.0 Å². The van der Waals surface area contributed by atoms with E-state index < -0.39 is 5.97 Å². The molecule has 1 aliphatic carbocycles. The summed E-state index contributed by atoms with van der Waals surface area (Å²) in [6.07, 6.45) is 5.67. The van der Waals surface area contributed by atoms with E-state index in [1.165, 1.54) is 18.4 Å². The molecule has 0 spiro atoms. The summed E-state index contributed by atoms with van der Waals surface area (Å²) in [7, 11) is 0. The first-order valence-corrected chi connectivity index (χ1v) is 9.37. The first kappa shape index (κ1) is 17.8. The highest BCUT2D eigenvalue weighted by atomic mass is 16.4. The Morgan fingerprint density at radius 2 is 1.76 bits per heavy atom. The number of amides is 2. The van der Waals surface area contributed by atoms with Crippen LogP contribution in [0.25, 0.3) is 0 Å². The Morgan fingerprint density at radius 1 is 1.16 bits per heavy atom. The number of rotatable bonds is 4. The van der Waals surface area contributed by atoms with Crippen LogP contribution in [-0.4, -0.2) is 41.1 Å². The molecule has 2 N–H and O–H groups in total. The number of piperidine rings is 1. The number of carboxylic acids is 1. The highest BCUT2D eigenvalue weighted by molar-refractivity contribution is 5.76. The van der Waals surface area contributed by atoms with Gasteiger partial charge in [0.2, 0.25) is 0 Å². The lowest BCUT2D eigenvalue weighted by Gasteiger charge is -2.38. The number of nitrogens with zero attached hydrogens (tertiary/aromatic N) is 1. The maximum absolute atomic E-state index is 12.7. The Labute approximate surface area is 149 Å². The van der Waals surface area contributed by atoms with Crippen molar-refractivity contribution in [1.82, 2.24) is 10.2 Å². The summed E-state index contributed by atoms with van der Waals surface area (Å²) < 4.78 is 0. The number of hydrogen-bond acceptors (Lipinski definition) is 2. The minimum Gasteiger partial charge on any atom is -0.481 e. The first-order valence-electron chi connectivity index (χ1n) is 9.37. The lowest BCUT2D eigenvalue weighted by molar-refractivity contribution is -0.143. The molecule has 1 atom stereocenters. The van der Waals surface area contributed by atoms with Crippen molar-refractivity contribution in [3.63, 3.8) is 0 Å². The third kappa shape index (κ3) is 3.65. The largest absolute Gasteiger partial charge is 0.481 e. The predicted molar refractivity (Wildman–Crippen MR) is 96.5 cm³/mol. The van der Waals surface area contributed by atoms with E-state index in [4.69, 9.17) is 5.11 Å². The van der Waals surface area contributed by atoms with Gasteiger partial charge in [0.1, 0.15) is 0 Å². The maximum atomic E-state index is 12.7. The predicted octanol–water partition coefficient (Wildman–Crippen LogP) is 3.39. The maximum Gasteiger partial charge on any atom is 0.317 e. The molecule has 1 aromatic carbocycles. The molecule has 1 aliphatic heterocycles. The lowest BCUT2D eigenvalue weighted by atomic mass is 9.73. The summed E-state index contributed by atoms with van der Waals surface area (Å²) in [5.41, 5.74) is 1.32. The van der Waals surface area contributed by atoms with Gasteiger partial charge in [-0.3, -0.25) is 4.79 Å². The number of carbonyl (C=O) groups excluding carboxylic acids is 1. The van der Waals surface area contributed by atoms with Crippen molar-refractivity contribution in [3.05, 3.63) is 35.9 Å². The van der Waals surface area contributed by atoms with Gasteiger partial charge in [0.15, 0.2) is 0 Å². The van der Waals surface area contributed by atoms with Gasteiger partial charge in [0, 0.05) is 24.5 Å². The van der Waals surface area contributed by atoms with Crippen molar-refractivity contribution in [1.29, 1.82) is 0 Å². The molecule has 0 bridgehead atoms. The van der Waals surface area contributed by atoms with Crippen molar-refractivity contribution in [2.45, 2.75) is 56.9 Å². The molecule has 1 saturated carbocycles. The monoisotopic (exact) mass is 344 g/mol. The second-order valence-corrected chi connectivity index (χ2v) is 7.50. The summed E-state index contributed by atoms with van der Waals surface area (Å²) in [6, 6.07) is 10.5. The summed E-state index contributed by atoms with van der Waals surface area (Å²) in [5.74, 6) is -1.06. The van der Waals surface area contributed by atoms with Crippen LogP contribution in [0.1, 0.15) is 51.0 Å². The second kappa shape index (κ2) is 7.46. The fourth-order valence-corrected chi connectivity index (χ4v) is 4.49. The number of nitrogens with one attached hydrogen (secondary N) is 1. The van der Waals surface area contributed by atoms with Gasteiger partial charge in [-0.2, -0.15) is 0 Å². The molecule has 5 nitrogen and oxygen atoms in total. The molecule has 1 aromatic rings. The average Bonchev–Trinajstić information content (AvgIpc) is 3.13. The third-order valence-electron chi connectivity index (χ3n) is 6.14. The minimum atomic E-state index is -0.748. The number of urea groups is 1. The van der Waals surface area contributed by atoms with Gasteiger partial charge in [0.05, 0.1) is 5.92 Å². The Bertz CT molecular complexity index is 603. The molecule has 25 heavy (non-hydrogen) atoms. The average molecular weight is 344 g/mol. The molecule has 136 valence electrons. The molecule has 0 radical (unpaired) electrons. The Balaban J connectivity index is 1.65. The zero-order valence-corrected chi connectivity index (χ0v) is 14.9. The van der Waals surface area contributed by atoms with Crippen LogP contribution in [0.3, 0.4) is 0 Å². The zero-order valence-electron chi connectivity index (χ0n) is 14.9. The van der Waals surface area contributed by atoms with Crippen LogP contribution in [0.15, 0.2) is 30.3 Å². The summed E-state index contributed by atoms with van der Waals surface area (Å²) in [5, 5.41) is 12.3. The Hall–Kier alpha value is -2.04. The van der Waals surface area contributed by atoms with Gasteiger partial charge in [-0.05, 0) is 38.2 Å². The molecule has 1 unspecified atom stereocenters. The molecule has 3 rings (SSSR count). The number of hydrogen-bond donors (Lipinski definition) is 2. The van der Waals surface area contributed by atoms with Crippen LogP contribution in [0.5, 0.6) is 0 Å². The molecular formula is C20H28N2O3. The number of carboxylic acid groups (broad SMARTS) is 1. The van der Waals surface area contributed by atoms with Crippen LogP contribution in [0.4, 0.5) is 4.79 Å². The van der Waals surface area contributed by atoms with Crippen molar-refractivity contribution < 1.29 is 14.7 Å². The van der Waals surface area contributed by atoms with Crippen LogP contribution >= 0.6 is 0 Å².